The number of epoxide rings is 2. The highest BCUT2D eigenvalue weighted by atomic mass is 16.6. The van der Waals surface area contributed by atoms with Crippen molar-refractivity contribution in [1.29, 1.82) is 0 Å². The molecule has 26 heavy (non-hydrogen) atoms. The fourth-order valence-corrected chi connectivity index (χ4v) is 3.25. The Kier molecular flexibility index (Phi) is 4.96. The number of hydrogen-bond donors (Lipinski definition) is 0. The number of rotatable bonds is 10. The third-order valence-electron chi connectivity index (χ3n) is 4.66. The monoisotopic (exact) mass is 352 g/mol. The second-order valence-electron chi connectivity index (χ2n) is 6.72. The zero-order valence-electron chi connectivity index (χ0n) is 14.9. The topological polar surface area (TPSA) is 43.5 Å². The smallest absolute Gasteiger partial charge is 0.131 e. The van der Waals surface area contributed by atoms with Gasteiger partial charge in [-0.25, -0.2) is 0 Å². The molecule has 2 aromatic rings. The molecule has 0 bridgehead atoms. The minimum atomic E-state index is 0.307. The van der Waals surface area contributed by atoms with Gasteiger partial charge in [0.05, 0.1) is 25.4 Å². The van der Waals surface area contributed by atoms with Gasteiger partial charge in [0.2, 0.25) is 0 Å². The van der Waals surface area contributed by atoms with Gasteiger partial charge in [-0.3, -0.25) is 0 Å². The highest BCUT2D eigenvalue weighted by molar-refractivity contribution is 5.95. The van der Waals surface area contributed by atoms with Crippen LogP contribution in [0.25, 0.3) is 10.8 Å². The fraction of sp³-hybridized carbons (Fsp3) is 0.364. The minimum Gasteiger partial charge on any atom is -0.489 e. The third-order valence-corrected chi connectivity index (χ3v) is 4.66. The first-order chi connectivity index (χ1) is 12.8. The van der Waals surface area contributed by atoms with Gasteiger partial charge < -0.3 is 18.9 Å². The van der Waals surface area contributed by atoms with Crippen LogP contribution in [0.2, 0.25) is 0 Å². The Labute approximate surface area is 154 Å². The Bertz CT molecular complexity index is 749. The number of fused-ring (bicyclic) bond motifs is 1. The Morgan fingerprint density at radius 1 is 0.808 bits per heavy atom. The number of hydrogen-bond acceptors (Lipinski definition) is 4. The molecule has 2 heterocycles. The summed E-state index contributed by atoms with van der Waals surface area (Å²) in [5.74, 6) is 1.80. The molecule has 2 fully saturated rings. The van der Waals surface area contributed by atoms with Gasteiger partial charge in [0.15, 0.2) is 0 Å². The summed E-state index contributed by atoms with van der Waals surface area (Å²) in [5.41, 5.74) is 2.32. The molecule has 0 saturated carbocycles. The van der Waals surface area contributed by atoms with E-state index < -0.39 is 0 Å². The van der Waals surface area contributed by atoms with Crippen LogP contribution in [0.3, 0.4) is 0 Å². The summed E-state index contributed by atoms with van der Waals surface area (Å²) in [7, 11) is 0. The van der Waals surface area contributed by atoms with Crippen molar-refractivity contribution in [2.24, 2.45) is 0 Å². The summed E-state index contributed by atoms with van der Waals surface area (Å²) < 4.78 is 22.9. The summed E-state index contributed by atoms with van der Waals surface area (Å²) >= 11 is 0. The number of benzene rings is 2. The van der Waals surface area contributed by atoms with Gasteiger partial charge in [-0.15, -0.1) is 0 Å². The first-order valence-corrected chi connectivity index (χ1v) is 9.08. The lowest BCUT2D eigenvalue weighted by molar-refractivity contribution is 0.354. The lowest BCUT2D eigenvalue weighted by Gasteiger charge is -2.17. The van der Waals surface area contributed by atoms with E-state index in [0.717, 1.165) is 59.5 Å². The van der Waals surface area contributed by atoms with Crippen LogP contribution in [-0.4, -0.2) is 38.6 Å². The van der Waals surface area contributed by atoms with Crippen molar-refractivity contribution >= 4 is 10.8 Å². The summed E-state index contributed by atoms with van der Waals surface area (Å²) in [5, 5.41) is 2.12. The molecule has 2 saturated heterocycles. The average molecular weight is 352 g/mol. The van der Waals surface area contributed by atoms with Crippen LogP contribution < -0.4 is 9.47 Å². The molecule has 2 unspecified atom stereocenters. The predicted molar refractivity (Wildman–Crippen MR) is 102 cm³/mol. The second-order valence-corrected chi connectivity index (χ2v) is 6.72. The van der Waals surface area contributed by atoms with Crippen molar-refractivity contribution < 1.29 is 18.9 Å². The maximum Gasteiger partial charge on any atom is 0.131 e. The molecule has 0 aliphatic carbocycles. The molecule has 0 radical (unpaired) electrons. The zero-order valence-corrected chi connectivity index (χ0v) is 14.9. The first kappa shape index (κ1) is 17.1. The van der Waals surface area contributed by atoms with Crippen LogP contribution in [0.4, 0.5) is 0 Å². The Balaban J connectivity index is 1.79. The van der Waals surface area contributed by atoms with Crippen molar-refractivity contribution in [3.63, 3.8) is 0 Å². The molecule has 2 aromatic carbocycles. The van der Waals surface area contributed by atoms with Crippen molar-refractivity contribution in [3.05, 3.63) is 60.7 Å². The van der Waals surface area contributed by atoms with Crippen molar-refractivity contribution in [3.8, 4) is 11.5 Å². The summed E-state index contributed by atoms with van der Waals surface area (Å²) in [6.45, 7) is 10.1. The van der Waals surface area contributed by atoms with Crippen LogP contribution in [0.1, 0.15) is 11.1 Å². The summed E-state index contributed by atoms with van der Waals surface area (Å²) in [6.07, 6.45) is 5.88. The highest BCUT2D eigenvalue weighted by Gasteiger charge is 2.27. The maximum atomic E-state index is 6.05. The van der Waals surface area contributed by atoms with Crippen LogP contribution in [0.5, 0.6) is 11.5 Å². The van der Waals surface area contributed by atoms with E-state index in [2.05, 4.69) is 37.4 Å². The molecule has 0 aromatic heterocycles. The molecular formula is C22H24O4. The molecule has 0 N–H and O–H groups in total. The molecule has 2 aliphatic heterocycles. The minimum absolute atomic E-state index is 0.307. The SMILES string of the molecule is C=CCOc1c(CC2CO2)ccc2c(OCC=C)c(CC3CO3)ccc12. The first-order valence-electron chi connectivity index (χ1n) is 9.08. The van der Waals surface area contributed by atoms with Gasteiger partial charge >= 0.3 is 0 Å². The van der Waals surface area contributed by atoms with Crippen LogP contribution in [-0.2, 0) is 22.3 Å². The quantitative estimate of drug-likeness (QED) is 0.481. The van der Waals surface area contributed by atoms with E-state index >= 15 is 0 Å². The second kappa shape index (κ2) is 7.52. The third kappa shape index (κ3) is 3.76. The molecule has 2 atom stereocenters. The van der Waals surface area contributed by atoms with E-state index in [4.69, 9.17) is 18.9 Å². The van der Waals surface area contributed by atoms with Gasteiger partial charge in [-0.05, 0) is 11.1 Å². The van der Waals surface area contributed by atoms with Gasteiger partial charge in [0, 0.05) is 23.6 Å². The Hall–Kier alpha value is -2.30. The van der Waals surface area contributed by atoms with E-state index in [-0.39, 0.29) is 0 Å². The largest absolute Gasteiger partial charge is 0.489 e. The van der Waals surface area contributed by atoms with E-state index in [1.54, 1.807) is 12.2 Å². The lowest BCUT2D eigenvalue weighted by atomic mass is 9.97. The summed E-state index contributed by atoms with van der Waals surface area (Å²) in [6, 6.07) is 8.51. The van der Waals surface area contributed by atoms with Gasteiger partial charge in [-0.2, -0.15) is 0 Å². The summed E-state index contributed by atoms with van der Waals surface area (Å²) in [4.78, 5) is 0. The fourth-order valence-electron chi connectivity index (χ4n) is 3.25. The molecule has 2 aliphatic rings. The standard InChI is InChI=1S/C22H24O4/c1-3-9-23-21-15(11-17-13-25-17)5-8-20-19(21)7-6-16(12-18-14-26-18)22(20)24-10-4-2/h3-8,17-18H,1-2,9-14H2. The molecule has 4 nitrogen and oxygen atoms in total. The van der Waals surface area contributed by atoms with Gasteiger partial charge in [-0.1, -0.05) is 49.6 Å². The highest BCUT2D eigenvalue weighted by Crippen LogP contribution is 2.39. The van der Waals surface area contributed by atoms with Crippen molar-refractivity contribution in [1.82, 2.24) is 0 Å². The van der Waals surface area contributed by atoms with Crippen molar-refractivity contribution in [2.45, 2.75) is 25.0 Å². The van der Waals surface area contributed by atoms with E-state index in [1.165, 1.54) is 0 Å². The lowest BCUT2D eigenvalue weighted by Crippen LogP contribution is -2.04. The number of ether oxygens (including phenoxy) is 4. The Morgan fingerprint density at radius 3 is 1.58 bits per heavy atom. The van der Waals surface area contributed by atoms with E-state index in [9.17, 15) is 0 Å². The predicted octanol–water partition coefficient (Wildman–Crippen LogP) is 3.85. The molecule has 0 spiro atoms. The molecular weight excluding hydrogens is 328 g/mol. The van der Waals surface area contributed by atoms with Crippen LogP contribution in [0, 0.1) is 0 Å². The zero-order chi connectivity index (χ0) is 17.9. The molecule has 0 amide bonds. The van der Waals surface area contributed by atoms with E-state index in [1.807, 2.05) is 0 Å². The Morgan fingerprint density at radius 2 is 1.23 bits per heavy atom. The van der Waals surface area contributed by atoms with Gasteiger partial charge in [0.25, 0.3) is 0 Å². The average Bonchev–Trinajstić information content (AvgIpc) is 3.56. The molecule has 4 rings (SSSR count). The maximum absolute atomic E-state index is 6.05. The van der Waals surface area contributed by atoms with Gasteiger partial charge in [0.1, 0.15) is 24.7 Å². The van der Waals surface area contributed by atoms with E-state index in [0.29, 0.717) is 25.4 Å². The van der Waals surface area contributed by atoms with Crippen LogP contribution >= 0.6 is 0 Å². The van der Waals surface area contributed by atoms with Crippen molar-refractivity contribution in [2.75, 3.05) is 26.4 Å². The van der Waals surface area contributed by atoms with Crippen LogP contribution in [0.15, 0.2) is 49.6 Å². The normalized spacial score (nSPS) is 20.6. The molecule has 4 heteroatoms. The molecule has 136 valence electrons.